The summed E-state index contributed by atoms with van der Waals surface area (Å²) in [6.45, 7) is 3.21. The summed E-state index contributed by atoms with van der Waals surface area (Å²) >= 11 is 1.67. The van der Waals surface area contributed by atoms with Crippen molar-refractivity contribution in [2.75, 3.05) is 0 Å². The average Bonchev–Trinajstić information content (AvgIpc) is 2.84. The highest BCUT2D eigenvalue weighted by Crippen LogP contribution is 2.25. The maximum Gasteiger partial charge on any atom is 0.190 e. The zero-order valence-electron chi connectivity index (χ0n) is 12.4. The molecule has 0 bridgehead atoms. The van der Waals surface area contributed by atoms with Crippen LogP contribution in [0, 0.1) is 18.7 Å². The highest BCUT2D eigenvalue weighted by molar-refractivity contribution is 7.07. The van der Waals surface area contributed by atoms with Crippen LogP contribution in [-0.2, 0) is 6.54 Å². The molecule has 0 saturated heterocycles. The van der Waals surface area contributed by atoms with Crippen LogP contribution in [0.5, 0.6) is 0 Å². The molecule has 2 nitrogen and oxygen atoms in total. The molecule has 0 amide bonds. The molecule has 0 aliphatic heterocycles. The van der Waals surface area contributed by atoms with Crippen LogP contribution in [0.3, 0.4) is 0 Å². The van der Waals surface area contributed by atoms with Crippen LogP contribution >= 0.6 is 11.3 Å². The summed E-state index contributed by atoms with van der Waals surface area (Å²) in [7, 11) is 0. The highest BCUT2D eigenvalue weighted by atomic mass is 32.1. The predicted octanol–water partition coefficient (Wildman–Crippen LogP) is 4.81. The first-order valence-corrected chi connectivity index (χ1v) is 8.55. The van der Waals surface area contributed by atoms with Gasteiger partial charge in [-0.05, 0) is 49.9 Å². The second kappa shape index (κ2) is 6.56. The molecule has 4 heteroatoms. The summed E-state index contributed by atoms with van der Waals surface area (Å²) < 4.78 is 15.3. The first kappa shape index (κ1) is 14.5. The van der Waals surface area contributed by atoms with Crippen LogP contribution in [-0.4, -0.2) is 4.57 Å². The Labute approximate surface area is 129 Å². The van der Waals surface area contributed by atoms with Gasteiger partial charge in [-0.15, -0.1) is 11.3 Å². The van der Waals surface area contributed by atoms with E-state index in [4.69, 9.17) is 0 Å². The summed E-state index contributed by atoms with van der Waals surface area (Å²) in [5, 5.41) is 2.16. The van der Waals surface area contributed by atoms with Crippen LogP contribution in [0.15, 0.2) is 34.6 Å². The van der Waals surface area contributed by atoms with Crippen molar-refractivity contribution in [1.82, 2.24) is 4.57 Å². The van der Waals surface area contributed by atoms with Gasteiger partial charge in [-0.25, -0.2) is 9.38 Å². The molecule has 3 rings (SSSR count). The molecule has 1 aliphatic carbocycles. The van der Waals surface area contributed by atoms with Gasteiger partial charge in [0, 0.05) is 17.6 Å². The van der Waals surface area contributed by atoms with Gasteiger partial charge < -0.3 is 4.57 Å². The third-order valence-corrected chi connectivity index (χ3v) is 5.19. The van der Waals surface area contributed by atoms with Crippen molar-refractivity contribution in [3.8, 4) is 0 Å². The SMILES string of the molecule is Cc1csc(=Nc2ccc(F)cc2)n1CC1CCCCC1. The van der Waals surface area contributed by atoms with Gasteiger partial charge in [0.25, 0.3) is 0 Å². The van der Waals surface area contributed by atoms with Crippen LogP contribution in [0.2, 0.25) is 0 Å². The van der Waals surface area contributed by atoms with E-state index in [0.717, 1.165) is 23.0 Å². The molecule has 1 aliphatic rings. The number of rotatable bonds is 3. The van der Waals surface area contributed by atoms with E-state index in [1.54, 1.807) is 23.5 Å². The number of hydrogen-bond acceptors (Lipinski definition) is 2. The number of nitrogens with zero attached hydrogens (tertiary/aromatic N) is 2. The second-order valence-electron chi connectivity index (χ2n) is 5.86. The lowest BCUT2D eigenvalue weighted by molar-refractivity contribution is 0.315. The Bertz CT molecular complexity index is 648. The fourth-order valence-corrected chi connectivity index (χ4v) is 3.89. The Morgan fingerprint density at radius 3 is 2.62 bits per heavy atom. The van der Waals surface area contributed by atoms with Crippen molar-refractivity contribution in [2.24, 2.45) is 10.9 Å². The first-order valence-electron chi connectivity index (χ1n) is 7.67. The molecule has 0 atom stereocenters. The Morgan fingerprint density at radius 2 is 1.90 bits per heavy atom. The van der Waals surface area contributed by atoms with Crippen molar-refractivity contribution < 1.29 is 4.39 Å². The van der Waals surface area contributed by atoms with Gasteiger partial charge in [-0.3, -0.25) is 0 Å². The molecular weight excluding hydrogens is 283 g/mol. The summed E-state index contributed by atoms with van der Waals surface area (Å²) in [5.41, 5.74) is 2.09. The minimum atomic E-state index is -0.216. The predicted molar refractivity (Wildman–Crippen MR) is 85.2 cm³/mol. The lowest BCUT2D eigenvalue weighted by Gasteiger charge is -2.22. The minimum Gasteiger partial charge on any atom is -0.321 e. The minimum absolute atomic E-state index is 0.216. The fraction of sp³-hybridized carbons (Fsp3) is 0.471. The molecule has 112 valence electrons. The van der Waals surface area contributed by atoms with Crippen LogP contribution < -0.4 is 4.80 Å². The van der Waals surface area contributed by atoms with Crippen molar-refractivity contribution >= 4 is 17.0 Å². The summed E-state index contributed by atoms with van der Waals surface area (Å²) in [6.07, 6.45) is 6.77. The van der Waals surface area contributed by atoms with Crippen molar-refractivity contribution in [1.29, 1.82) is 0 Å². The van der Waals surface area contributed by atoms with Gasteiger partial charge in [-0.2, -0.15) is 0 Å². The lowest BCUT2D eigenvalue weighted by Crippen LogP contribution is -2.22. The number of halogens is 1. The molecule has 0 spiro atoms. The van der Waals surface area contributed by atoms with E-state index in [9.17, 15) is 4.39 Å². The van der Waals surface area contributed by atoms with Crippen LogP contribution in [0.25, 0.3) is 0 Å². The second-order valence-corrected chi connectivity index (χ2v) is 6.70. The van der Waals surface area contributed by atoms with E-state index in [1.165, 1.54) is 49.9 Å². The standard InChI is InChI=1S/C17H21FN2S/c1-13-12-21-17(19-16-9-7-15(18)8-10-16)20(13)11-14-5-3-2-4-6-14/h7-10,12,14H,2-6,11H2,1H3. The Hall–Kier alpha value is -1.42. The molecule has 0 radical (unpaired) electrons. The Morgan fingerprint density at radius 1 is 1.19 bits per heavy atom. The number of benzene rings is 1. The molecule has 21 heavy (non-hydrogen) atoms. The lowest BCUT2D eigenvalue weighted by atomic mass is 9.89. The molecule has 2 aromatic rings. The largest absolute Gasteiger partial charge is 0.321 e. The number of thiazole rings is 1. The van der Waals surface area contributed by atoms with Gasteiger partial charge in [-0.1, -0.05) is 19.3 Å². The number of aryl methyl sites for hydroxylation is 1. The monoisotopic (exact) mass is 304 g/mol. The average molecular weight is 304 g/mol. The van der Waals surface area contributed by atoms with Crippen LogP contribution in [0.1, 0.15) is 37.8 Å². The summed E-state index contributed by atoms with van der Waals surface area (Å²) in [6, 6.07) is 6.39. The number of aromatic nitrogens is 1. The topological polar surface area (TPSA) is 17.3 Å². The molecule has 0 N–H and O–H groups in total. The maximum atomic E-state index is 13.0. The van der Waals surface area contributed by atoms with Crippen molar-refractivity contribution in [3.05, 3.63) is 46.0 Å². The third kappa shape index (κ3) is 3.62. The Balaban J connectivity index is 1.87. The van der Waals surface area contributed by atoms with Gasteiger partial charge in [0.2, 0.25) is 0 Å². The molecule has 1 aromatic heterocycles. The molecule has 1 aromatic carbocycles. The maximum absolute atomic E-state index is 13.0. The molecule has 1 fully saturated rings. The summed E-state index contributed by atoms with van der Waals surface area (Å²) in [4.78, 5) is 5.70. The summed E-state index contributed by atoms with van der Waals surface area (Å²) in [5.74, 6) is 0.561. The van der Waals surface area contributed by atoms with E-state index in [0.29, 0.717) is 0 Å². The zero-order chi connectivity index (χ0) is 14.7. The van der Waals surface area contributed by atoms with Gasteiger partial charge in [0.1, 0.15) is 5.82 Å². The van der Waals surface area contributed by atoms with E-state index in [2.05, 4.69) is 21.9 Å². The van der Waals surface area contributed by atoms with E-state index < -0.39 is 0 Å². The zero-order valence-corrected chi connectivity index (χ0v) is 13.2. The Kier molecular flexibility index (Phi) is 4.54. The first-order chi connectivity index (χ1) is 10.2. The van der Waals surface area contributed by atoms with Crippen LogP contribution in [0.4, 0.5) is 10.1 Å². The van der Waals surface area contributed by atoms with E-state index in [1.807, 2.05) is 0 Å². The van der Waals surface area contributed by atoms with Crippen molar-refractivity contribution in [3.63, 3.8) is 0 Å². The van der Waals surface area contributed by atoms with Crippen molar-refractivity contribution in [2.45, 2.75) is 45.6 Å². The molecule has 0 unspecified atom stereocenters. The molecular formula is C17H21FN2S. The molecule has 1 heterocycles. The smallest absolute Gasteiger partial charge is 0.190 e. The third-order valence-electron chi connectivity index (χ3n) is 4.21. The quantitative estimate of drug-likeness (QED) is 0.774. The fourth-order valence-electron chi connectivity index (χ4n) is 2.98. The van der Waals surface area contributed by atoms with E-state index >= 15 is 0 Å². The molecule has 1 saturated carbocycles. The van der Waals surface area contributed by atoms with E-state index in [-0.39, 0.29) is 5.82 Å². The highest BCUT2D eigenvalue weighted by Gasteiger charge is 2.15. The number of hydrogen-bond donors (Lipinski definition) is 0. The van der Waals surface area contributed by atoms with Gasteiger partial charge in [0.15, 0.2) is 4.80 Å². The van der Waals surface area contributed by atoms with Gasteiger partial charge >= 0.3 is 0 Å². The van der Waals surface area contributed by atoms with Gasteiger partial charge in [0.05, 0.1) is 5.69 Å². The normalized spacial score (nSPS) is 17.3.